The van der Waals surface area contributed by atoms with Crippen LogP contribution in [-0.2, 0) is 6.54 Å². The Morgan fingerprint density at radius 1 is 1.19 bits per heavy atom. The van der Waals surface area contributed by atoms with Crippen LogP contribution in [0.5, 0.6) is 0 Å². The molecular formula is C11H15ClFNO2. The van der Waals surface area contributed by atoms with E-state index < -0.39 is 5.82 Å². The van der Waals surface area contributed by atoms with E-state index in [-0.39, 0.29) is 18.2 Å². The number of nitrogens with zero attached hydrogens (tertiary/aromatic N) is 1. The first-order chi connectivity index (χ1) is 7.67. The Hall–Kier alpha value is -0.680. The first kappa shape index (κ1) is 13.4. The number of aliphatic hydroxyl groups is 2. The minimum atomic E-state index is -0.443. The van der Waals surface area contributed by atoms with Crippen molar-refractivity contribution in [3.63, 3.8) is 0 Å². The first-order valence-corrected chi connectivity index (χ1v) is 5.43. The third kappa shape index (κ3) is 4.06. The largest absolute Gasteiger partial charge is 0.395 e. The van der Waals surface area contributed by atoms with Crippen molar-refractivity contribution in [2.45, 2.75) is 6.54 Å². The lowest BCUT2D eigenvalue weighted by atomic mass is 10.2. The van der Waals surface area contributed by atoms with Crippen LogP contribution in [0.4, 0.5) is 4.39 Å². The molecule has 0 saturated heterocycles. The number of aliphatic hydroxyl groups excluding tert-OH is 2. The molecule has 3 nitrogen and oxygen atoms in total. The fourth-order valence-electron chi connectivity index (χ4n) is 1.45. The molecule has 2 N–H and O–H groups in total. The lowest BCUT2D eigenvalue weighted by molar-refractivity contribution is 0.156. The van der Waals surface area contributed by atoms with Crippen molar-refractivity contribution < 1.29 is 14.6 Å². The van der Waals surface area contributed by atoms with Gasteiger partial charge < -0.3 is 10.2 Å². The molecule has 0 radical (unpaired) electrons. The van der Waals surface area contributed by atoms with Gasteiger partial charge in [0.15, 0.2) is 0 Å². The predicted molar refractivity (Wildman–Crippen MR) is 60.9 cm³/mol. The Labute approximate surface area is 99.1 Å². The maximum Gasteiger partial charge on any atom is 0.141 e. The summed E-state index contributed by atoms with van der Waals surface area (Å²) >= 11 is 5.66. The third-order valence-corrected chi connectivity index (χ3v) is 2.51. The van der Waals surface area contributed by atoms with Gasteiger partial charge in [0.05, 0.1) is 18.2 Å². The fourth-order valence-corrected chi connectivity index (χ4v) is 1.65. The molecule has 5 heteroatoms. The van der Waals surface area contributed by atoms with Gasteiger partial charge in [-0.15, -0.1) is 0 Å². The predicted octanol–water partition coefficient (Wildman–Crippen LogP) is 1.27. The Morgan fingerprint density at radius 3 is 2.31 bits per heavy atom. The van der Waals surface area contributed by atoms with Crippen LogP contribution in [0, 0.1) is 5.82 Å². The van der Waals surface area contributed by atoms with E-state index in [1.54, 1.807) is 12.1 Å². The molecule has 0 heterocycles. The topological polar surface area (TPSA) is 43.7 Å². The van der Waals surface area contributed by atoms with E-state index in [0.29, 0.717) is 19.6 Å². The van der Waals surface area contributed by atoms with Crippen molar-refractivity contribution >= 4 is 11.6 Å². The Balaban J connectivity index is 2.65. The van der Waals surface area contributed by atoms with Gasteiger partial charge in [-0.05, 0) is 17.7 Å². The van der Waals surface area contributed by atoms with Crippen LogP contribution in [0.25, 0.3) is 0 Å². The number of halogens is 2. The SMILES string of the molecule is OCCN(CCO)Cc1ccc(F)c(Cl)c1. The van der Waals surface area contributed by atoms with Crippen LogP contribution in [0.3, 0.4) is 0 Å². The molecule has 0 bridgehead atoms. The highest BCUT2D eigenvalue weighted by atomic mass is 35.5. The van der Waals surface area contributed by atoms with E-state index >= 15 is 0 Å². The van der Waals surface area contributed by atoms with E-state index in [1.807, 2.05) is 4.90 Å². The van der Waals surface area contributed by atoms with Crippen molar-refractivity contribution in [2.24, 2.45) is 0 Å². The number of benzene rings is 1. The lowest BCUT2D eigenvalue weighted by Gasteiger charge is -2.20. The average Bonchev–Trinajstić information content (AvgIpc) is 2.24. The summed E-state index contributed by atoms with van der Waals surface area (Å²) in [6, 6.07) is 4.51. The quantitative estimate of drug-likeness (QED) is 0.796. The maximum absolute atomic E-state index is 12.9. The standard InChI is InChI=1S/C11H15ClFNO2/c12-10-7-9(1-2-11(10)13)8-14(3-5-15)4-6-16/h1-2,7,15-16H,3-6,8H2. The molecule has 1 rings (SSSR count). The molecule has 0 saturated carbocycles. The van der Waals surface area contributed by atoms with Crippen LogP contribution >= 0.6 is 11.6 Å². The molecule has 16 heavy (non-hydrogen) atoms. The molecule has 0 fully saturated rings. The summed E-state index contributed by atoms with van der Waals surface area (Å²) < 4.78 is 12.9. The zero-order chi connectivity index (χ0) is 12.0. The Bertz CT molecular complexity index is 330. The number of hydrogen-bond donors (Lipinski definition) is 2. The normalized spacial score (nSPS) is 11.1. The summed E-state index contributed by atoms with van der Waals surface area (Å²) in [7, 11) is 0. The first-order valence-electron chi connectivity index (χ1n) is 5.05. The van der Waals surface area contributed by atoms with Crippen molar-refractivity contribution in [1.29, 1.82) is 0 Å². The van der Waals surface area contributed by atoms with Crippen LogP contribution in [0.15, 0.2) is 18.2 Å². The summed E-state index contributed by atoms with van der Waals surface area (Å²) in [4.78, 5) is 1.86. The van der Waals surface area contributed by atoms with Gasteiger partial charge in [-0.3, -0.25) is 4.90 Å². The van der Waals surface area contributed by atoms with Crippen LogP contribution in [0.2, 0.25) is 5.02 Å². The van der Waals surface area contributed by atoms with E-state index in [0.717, 1.165) is 5.56 Å². The Morgan fingerprint density at radius 2 is 1.81 bits per heavy atom. The molecule has 0 unspecified atom stereocenters. The summed E-state index contributed by atoms with van der Waals surface area (Å²) in [5.41, 5.74) is 0.855. The van der Waals surface area contributed by atoms with Gasteiger partial charge in [0.25, 0.3) is 0 Å². The van der Waals surface area contributed by atoms with Gasteiger partial charge in [0, 0.05) is 19.6 Å². The maximum atomic E-state index is 12.9. The van der Waals surface area contributed by atoms with E-state index in [4.69, 9.17) is 21.8 Å². The van der Waals surface area contributed by atoms with Crippen molar-refractivity contribution in [3.8, 4) is 0 Å². The van der Waals surface area contributed by atoms with Crippen LogP contribution in [-0.4, -0.2) is 41.4 Å². The summed E-state index contributed by atoms with van der Waals surface area (Å²) in [6.45, 7) is 1.51. The van der Waals surface area contributed by atoms with Gasteiger partial charge in [0.1, 0.15) is 5.82 Å². The minimum absolute atomic E-state index is 0.0227. The molecule has 0 spiro atoms. The van der Waals surface area contributed by atoms with Crippen LogP contribution in [0.1, 0.15) is 5.56 Å². The van der Waals surface area contributed by atoms with Gasteiger partial charge in [-0.25, -0.2) is 4.39 Å². The molecule has 0 amide bonds. The van der Waals surface area contributed by atoms with Crippen molar-refractivity contribution in [3.05, 3.63) is 34.6 Å². The highest BCUT2D eigenvalue weighted by Gasteiger charge is 2.06. The number of hydrogen-bond acceptors (Lipinski definition) is 3. The van der Waals surface area contributed by atoms with Gasteiger partial charge in [-0.2, -0.15) is 0 Å². The highest BCUT2D eigenvalue weighted by molar-refractivity contribution is 6.30. The number of rotatable bonds is 6. The molecular weight excluding hydrogens is 233 g/mol. The summed E-state index contributed by atoms with van der Waals surface area (Å²) in [5, 5.41) is 17.7. The zero-order valence-corrected chi connectivity index (χ0v) is 9.62. The van der Waals surface area contributed by atoms with E-state index in [9.17, 15) is 4.39 Å². The average molecular weight is 248 g/mol. The molecule has 1 aromatic carbocycles. The molecule has 0 aliphatic rings. The third-order valence-electron chi connectivity index (χ3n) is 2.22. The van der Waals surface area contributed by atoms with Crippen molar-refractivity contribution in [2.75, 3.05) is 26.3 Å². The van der Waals surface area contributed by atoms with E-state index in [2.05, 4.69) is 0 Å². The molecule has 0 aliphatic heterocycles. The molecule has 0 aromatic heterocycles. The minimum Gasteiger partial charge on any atom is -0.395 e. The second-order valence-corrected chi connectivity index (χ2v) is 3.88. The highest BCUT2D eigenvalue weighted by Crippen LogP contribution is 2.17. The molecule has 0 aliphatic carbocycles. The zero-order valence-electron chi connectivity index (χ0n) is 8.87. The van der Waals surface area contributed by atoms with Crippen LogP contribution < -0.4 is 0 Å². The van der Waals surface area contributed by atoms with Gasteiger partial charge in [-0.1, -0.05) is 17.7 Å². The van der Waals surface area contributed by atoms with Gasteiger partial charge in [0.2, 0.25) is 0 Å². The lowest BCUT2D eigenvalue weighted by Crippen LogP contribution is -2.29. The van der Waals surface area contributed by atoms with Crippen molar-refractivity contribution in [1.82, 2.24) is 4.90 Å². The fraction of sp³-hybridized carbons (Fsp3) is 0.455. The summed E-state index contributed by atoms with van der Waals surface area (Å²) in [5.74, 6) is -0.443. The monoisotopic (exact) mass is 247 g/mol. The Kier molecular flexibility index (Phi) is 5.69. The smallest absolute Gasteiger partial charge is 0.141 e. The molecule has 1 aromatic rings. The second kappa shape index (κ2) is 6.81. The second-order valence-electron chi connectivity index (χ2n) is 3.47. The molecule has 90 valence electrons. The molecule has 0 atom stereocenters. The summed E-state index contributed by atoms with van der Waals surface area (Å²) in [6.07, 6.45) is 0. The van der Waals surface area contributed by atoms with Gasteiger partial charge >= 0.3 is 0 Å². The van der Waals surface area contributed by atoms with E-state index in [1.165, 1.54) is 6.07 Å².